The Bertz CT molecular complexity index is 3160. The van der Waals surface area contributed by atoms with Gasteiger partial charge in [0, 0.05) is 71.7 Å². The lowest BCUT2D eigenvalue weighted by Crippen LogP contribution is -2.40. The van der Waals surface area contributed by atoms with Gasteiger partial charge in [-0.1, -0.05) is 401 Å². The Balaban J connectivity index is 0.00000147. The van der Waals surface area contributed by atoms with Crippen molar-refractivity contribution < 1.29 is 85.6 Å². The molecule has 20 nitrogen and oxygen atoms in total. The largest absolute Gasteiger partial charge is 0.466 e. The number of carbonyl (C=O) groups is 5. The highest BCUT2D eigenvalue weighted by molar-refractivity contribution is 5.70. The Labute approximate surface area is 902 Å². The number of ether oxygens (including phenoxy) is 13. The Kier molecular flexibility index (Phi) is 106. The molecule has 2 aliphatic heterocycles. The normalized spacial score (nSPS) is 17.2. The summed E-state index contributed by atoms with van der Waals surface area (Å²) in [5.74, 6) is -0.597. The molecule has 0 N–H and O–H groups in total. The van der Waals surface area contributed by atoms with Gasteiger partial charge in [0.05, 0.1) is 19.8 Å². The number of hydrogen-bond donors (Lipinski definition) is 0. The Morgan fingerprint density at radius 1 is 0.204 bits per heavy atom. The quantitative estimate of drug-likeness (QED) is 0.0240. The van der Waals surface area contributed by atoms with Crippen LogP contribution in [0.2, 0.25) is 0 Å². The molecule has 0 aromatic carbocycles. The molecule has 2 unspecified atom stereocenters. The lowest BCUT2D eigenvalue weighted by Gasteiger charge is -2.25. The minimum absolute atomic E-state index is 0.0559. The van der Waals surface area contributed by atoms with Crippen LogP contribution in [0.15, 0.2) is 109 Å². The summed E-state index contributed by atoms with van der Waals surface area (Å²) in [4.78, 5) is 66.0. The monoisotopic (exact) mass is 2070 g/mol. The standard InChI is InChI=1S/C65H111NO6.C62H117NO12/c1-6-9-12-15-18-21-24-27-30-33-36-39-42-45-48-51-57-68-63-61(60-71-62(67)55-54-56-66(4)5)72-65(70-59-53-50-47-44-41-38-35-32-29-26-23-20-17-14-11-8-3)64(63)69-58-52-49-46-43-40-37-34-31-28-25-22-19-16-13-10-7-2;1-6-9-12-24-33-43-56(64)68-48-36-27-18-15-21-30-39-51-71-60-55(54-74-59(67)46-42-47-63(4)5)75-62(73-53-41-32-23-17-20-29-38-50-70-58(66)45-35-26-14-11-8-3)61(60)72-52-40-31-22-16-19-28-37-49-69-57(65)44-34-25-13-10-7-2/h9-14,18-23,27-32,61,63-65H,6-8,15-17,24-26,33-60H2,1-5H3;55,60-62H,6-54H2,1-5H3/b12-9-,13-10-,14-11-,21-18-,22-19-,23-20-,30-27-,31-28-,32-29-;/t61-,63?,64+,65-;55-,60?,61+,62-/m11/s1. The lowest BCUT2D eigenvalue weighted by molar-refractivity contribution is -0.184. The first-order valence-corrected chi connectivity index (χ1v) is 61.2. The number of carbonyl (C=O) groups excluding carboxylic acids is 5. The van der Waals surface area contributed by atoms with Crippen LogP contribution in [-0.4, -0.2) is 203 Å². The van der Waals surface area contributed by atoms with Crippen LogP contribution in [0.4, 0.5) is 0 Å². The number of nitrogens with zero attached hydrogens (tertiary/aromatic N) is 2. The molecule has 2 rings (SSSR count). The minimum atomic E-state index is -0.619. The molecule has 20 heteroatoms. The van der Waals surface area contributed by atoms with E-state index in [1.165, 1.54) is 135 Å². The van der Waals surface area contributed by atoms with Gasteiger partial charge in [-0.15, -0.1) is 0 Å². The topological polar surface area (TPSA) is 212 Å². The fourth-order valence-corrected chi connectivity index (χ4v) is 17.9. The summed E-state index contributed by atoms with van der Waals surface area (Å²) in [6, 6.07) is 0. The second-order valence-corrected chi connectivity index (χ2v) is 41.5. The van der Waals surface area contributed by atoms with Gasteiger partial charge in [-0.3, -0.25) is 24.0 Å². The van der Waals surface area contributed by atoms with Crippen LogP contribution in [0.3, 0.4) is 0 Å². The summed E-state index contributed by atoms with van der Waals surface area (Å²) >= 11 is 0. The average molecular weight is 2070 g/mol. The van der Waals surface area contributed by atoms with Crippen molar-refractivity contribution >= 4 is 29.8 Å². The van der Waals surface area contributed by atoms with Crippen molar-refractivity contribution in [2.24, 2.45) is 0 Å². The van der Waals surface area contributed by atoms with E-state index < -0.39 is 37.0 Å². The van der Waals surface area contributed by atoms with E-state index in [0.717, 1.165) is 315 Å². The van der Waals surface area contributed by atoms with Crippen LogP contribution in [0, 0.1) is 0 Å². The van der Waals surface area contributed by atoms with E-state index in [4.69, 9.17) is 61.6 Å². The first kappa shape index (κ1) is 140. The maximum atomic E-state index is 12.8. The molecule has 0 saturated carbocycles. The highest BCUT2D eigenvalue weighted by Crippen LogP contribution is 2.33. The van der Waals surface area contributed by atoms with E-state index in [9.17, 15) is 24.0 Å². The third kappa shape index (κ3) is 95.0. The van der Waals surface area contributed by atoms with Gasteiger partial charge >= 0.3 is 29.8 Å². The van der Waals surface area contributed by atoms with Crippen molar-refractivity contribution in [3.63, 3.8) is 0 Å². The molecular weight excluding hydrogens is 1840 g/mol. The van der Waals surface area contributed by atoms with Crippen LogP contribution in [0.25, 0.3) is 0 Å². The van der Waals surface area contributed by atoms with Crippen molar-refractivity contribution in [1.29, 1.82) is 0 Å². The zero-order valence-corrected chi connectivity index (χ0v) is 96.6. The van der Waals surface area contributed by atoms with E-state index in [1.54, 1.807) is 0 Å². The second-order valence-electron chi connectivity index (χ2n) is 41.5. The molecule has 0 bridgehead atoms. The van der Waals surface area contributed by atoms with Crippen LogP contribution in [0.1, 0.15) is 510 Å². The number of unbranched alkanes of at least 4 members (excludes halogenated alkanes) is 48. The molecule has 0 spiro atoms. The molecule has 2 aliphatic rings. The summed E-state index contributed by atoms with van der Waals surface area (Å²) in [5, 5.41) is 0. The molecule has 0 aromatic rings. The first-order valence-electron chi connectivity index (χ1n) is 61.2. The summed E-state index contributed by atoms with van der Waals surface area (Å²) in [6.45, 7) is 20.1. The van der Waals surface area contributed by atoms with E-state index in [1.807, 2.05) is 28.2 Å². The Hall–Kier alpha value is -5.39. The molecule has 8 atom stereocenters. The number of hydrogen-bond acceptors (Lipinski definition) is 20. The molecule has 0 aromatic heterocycles. The fraction of sp³-hybridized carbons (Fsp3) is 0.819. The maximum absolute atomic E-state index is 12.8. The predicted molar refractivity (Wildman–Crippen MR) is 613 cm³/mol. The fourth-order valence-electron chi connectivity index (χ4n) is 17.9. The summed E-state index contributed by atoms with van der Waals surface area (Å²) < 4.78 is 80.7. The van der Waals surface area contributed by atoms with Gasteiger partial charge in [0.15, 0.2) is 12.6 Å². The average Bonchev–Trinajstić information content (AvgIpc) is 1.67. The van der Waals surface area contributed by atoms with E-state index in [0.29, 0.717) is 91.6 Å². The molecule has 0 radical (unpaired) electrons. The van der Waals surface area contributed by atoms with Gasteiger partial charge in [0.25, 0.3) is 0 Å². The van der Waals surface area contributed by atoms with Crippen molar-refractivity contribution in [2.75, 3.05) is 114 Å². The molecule has 2 fully saturated rings. The Morgan fingerprint density at radius 3 is 0.653 bits per heavy atom. The SMILES string of the molecule is CC/C=C\C/C=C\C/C=C\CCCCCCCCOC1[C@@H](COC(=O)CCCN(C)C)O[C@@H](OCCCCCCCC/C=C\C/C=C\C/C=C\CC)[C@H]1OCCCCCCCC/C=C\C/C=C\C/C=C\CC.CCCCCCCC(=O)OCCCCCCCCCOC1[C@@H](COC(=O)CCCN(C)C)O[C@@H](OCCCCCCCCCOC(=O)CCCCCCC)[C@H]1OCCCCCCCCCOC(=O)CCCCCCC. The summed E-state index contributed by atoms with van der Waals surface area (Å²) in [5.41, 5.74) is 0. The number of esters is 5. The second kappa shape index (κ2) is 112. The predicted octanol–water partition coefficient (Wildman–Crippen LogP) is 33.4. The highest BCUT2D eigenvalue weighted by Gasteiger charge is 2.49. The van der Waals surface area contributed by atoms with Crippen molar-refractivity contribution in [1.82, 2.24) is 9.80 Å². The number of rotatable bonds is 108. The van der Waals surface area contributed by atoms with Gasteiger partial charge in [-0.2, -0.15) is 0 Å². The highest BCUT2D eigenvalue weighted by atomic mass is 16.7. The van der Waals surface area contributed by atoms with Gasteiger partial charge in [0.2, 0.25) is 0 Å². The van der Waals surface area contributed by atoms with Crippen LogP contribution in [-0.2, 0) is 85.6 Å². The molecule has 147 heavy (non-hydrogen) atoms. The number of allylic oxidation sites excluding steroid dienone is 18. The van der Waals surface area contributed by atoms with Gasteiger partial charge in [-0.25, -0.2) is 0 Å². The van der Waals surface area contributed by atoms with E-state index in [-0.39, 0.29) is 55.3 Å². The molecule has 0 aliphatic carbocycles. The van der Waals surface area contributed by atoms with Gasteiger partial charge in [0.1, 0.15) is 49.8 Å². The first-order chi connectivity index (χ1) is 72.2. The minimum Gasteiger partial charge on any atom is -0.466 e. The Morgan fingerprint density at radius 2 is 0.401 bits per heavy atom. The third-order valence-corrected chi connectivity index (χ3v) is 26.9. The summed E-state index contributed by atoms with van der Waals surface area (Å²) in [7, 11) is 8.05. The maximum Gasteiger partial charge on any atom is 0.305 e. The summed E-state index contributed by atoms with van der Waals surface area (Å²) in [6.07, 6.45) is 114. The molecule has 0 amide bonds. The van der Waals surface area contributed by atoms with Crippen LogP contribution < -0.4 is 0 Å². The zero-order chi connectivity index (χ0) is 106. The van der Waals surface area contributed by atoms with Crippen molar-refractivity contribution in [3.8, 4) is 0 Å². The zero-order valence-electron chi connectivity index (χ0n) is 96.6. The lowest BCUT2D eigenvalue weighted by atomic mass is 10.1. The van der Waals surface area contributed by atoms with Gasteiger partial charge in [-0.05, 0) is 227 Å². The van der Waals surface area contributed by atoms with Crippen LogP contribution in [0.5, 0.6) is 0 Å². The smallest absolute Gasteiger partial charge is 0.305 e. The molecule has 854 valence electrons. The van der Waals surface area contributed by atoms with Crippen molar-refractivity contribution in [3.05, 3.63) is 109 Å². The van der Waals surface area contributed by atoms with Crippen molar-refractivity contribution in [2.45, 2.75) is 559 Å². The van der Waals surface area contributed by atoms with E-state index in [2.05, 4.69) is 161 Å². The molecule has 2 saturated heterocycles. The van der Waals surface area contributed by atoms with Crippen LogP contribution >= 0.6 is 0 Å². The molecular formula is C127H228N2O18. The molecule has 2 heterocycles. The van der Waals surface area contributed by atoms with E-state index >= 15 is 0 Å². The third-order valence-electron chi connectivity index (χ3n) is 26.9. The van der Waals surface area contributed by atoms with Gasteiger partial charge < -0.3 is 71.4 Å².